The standard InChI is InChI=1S/C18H22BrN3O4S/c1-18(2,7-8-20-25-3)22-16(24)17(27-4)26-12-5-6-14-11(9-12)10-13(19)15(23)21-14/h5-6,8-10,17H,7H2,1-4H3,(H,21,23)(H,22,24)/b20-8+. The van der Waals surface area contributed by atoms with Crippen molar-refractivity contribution < 1.29 is 14.4 Å². The first kappa shape index (κ1) is 21.3. The van der Waals surface area contributed by atoms with Gasteiger partial charge in [0.25, 0.3) is 11.5 Å². The van der Waals surface area contributed by atoms with Crippen LogP contribution in [0, 0.1) is 0 Å². The van der Waals surface area contributed by atoms with Crippen molar-refractivity contribution in [2.45, 2.75) is 31.2 Å². The molecule has 1 heterocycles. The number of thioether (sulfide) groups is 1. The van der Waals surface area contributed by atoms with Gasteiger partial charge in [-0.2, -0.15) is 0 Å². The first-order chi connectivity index (χ1) is 12.8. The minimum Gasteiger partial charge on any atom is -0.470 e. The highest BCUT2D eigenvalue weighted by Gasteiger charge is 2.26. The lowest BCUT2D eigenvalue weighted by molar-refractivity contribution is -0.126. The summed E-state index contributed by atoms with van der Waals surface area (Å²) in [4.78, 5) is 31.7. The molecular weight excluding hydrogens is 434 g/mol. The van der Waals surface area contributed by atoms with Gasteiger partial charge in [0.15, 0.2) is 0 Å². The third kappa shape index (κ3) is 6.00. The molecule has 0 radical (unpaired) electrons. The zero-order chi connectivity index (χ0) is 20.0. The first-order valence-corrected chi connectivity index (χ1v) is 10.2. The fraction of sp³-hybridized carbons (Fsp3) is 0.389. The molecule has 1 atom stereocenters. The van der Waals surface area contributed by atoms with E-state index in [-0.39, 0.29) is 11.5 Å². The maximum Gasteiger partial charge on any atom is 0.272 e. The summed E-state index contributed by atoms with van der Waals surface area (Å²) in [6.45, 7) is 3.79. The number of aromatic nitrogens is 1. The van der Waals surface area contributed by atoms with Crippen molar-refractivity contribution in [1.29, 1.82) is 0 Å². The van der Waals surface area contributed by atoms with Crippen LogP contribution >= 0.6 is 27.7 Å². The quantitative estimate of drug-likeness (QED) is 0.361. The zero-order valence-electron chi connectivity index (χ0n) is 15.5. The fourth-order valence-corrected chi connectivity index (χ4v) is 3.17. The largest absolute Gasteiger partial charge is 0.470 e. The van der Waals surface area contributed by atoms with Gasteiger partial charge < -0.3 is 19.9 Å². The molecule has 1 unspecified atom stereocenters. The van der Waals surface area contributed by atoms with Gasteiger partial charge in [0, 0.05) is 29.1 Å². The summed E-state index contributed by atoms with van der Waals surface area (Å²) in [5.74, 6) is 0.302. The van der Waals surface area contributed by atoms with Crippen molar-refractivity contribution >= 4 is 50.7 Å². The van der Waals surface area contributed by atoms with Crippen LogP contribution in [0.2, 0.25) is 0 Å². The Balaban J connectivity index is 2.12. The number of halogens is 1. The van der Waals surface area contributed by atoms with Crippen molar-refractivity contribution in [3.05, 3.63) is 39.1 Å². The fourth-order valence-electron chi connectivity index (χ4n) is 2.35. The van der Waals surface area contributed by atoms with Crippen LogP contribution in [0.4, 0.5) is 0 Å². The van der Waals surface area contributed by atoms with E-state index in [4.69, 9.17) is 4.74 Å². The third-order valence-corrected chi connectivity index (χ3v) is 5.01. The summed E-state index contributed by atoms with van der Waals surface area (Å²) in [6, 6.07) is 6.97. The molecule has 1 aromatic carbocycles. The highest BCUT2D eigenvalue weighted by Crippen LogP contribution is 2.24. The number of hydrogen-bond donors (Lipinski definition) is 2. The molecule has 0 saturated heterocycles. The molecule has 1 amide bonds. The number of ether oxygens (including phenoxy) is 1. The molecule has 2 N–H and O–H groups in total. The van der Waals surface area contributed by atoms with E-state index in [0.29, 0.717) is 22.2 Å². The van der Waals surface area contributed by atoms with E-state index in [1.807, 2.05) is 13.8 Å². The molecular formula is C18H22BrN3O4S. The van der Waals surface area contributed by atoms with Gasteiger partial charge in [-0.1, -0.05) is 5.16 Å². The molecule has 27 heavy (non-hydrogen) atoms. The Labute approximate surface area is 170 Å². The molecule has 0 aliphatic rings. The van der Waals surface area contributed by atoms with Crippen LogP contribution < -0.4 is 15.6 Å². The number of rotatable bonds is 8. The summed E-state index contributed by atoms with van der Waals surface area (Å²) in [5, 5.41) is 7.45. The molecule has 0 saturated carbocycles. The number of amides is 1. The van der Waals surface area contributed by atoms with Crippen LogP contribution in [0.5, 0.6) is 5.75 Å². The number of pyridine rings is 1. The van der Waals surface area contributed by atoms with Crippen molar-refractivity contribution in [3.8, 4) is 5.75 Å². The number of oxime groups is 1. The van der Waals surface area contributed by atoms with Gasteiger partial charge in [-0.15, -0.1) is 11.8 Å². The highest BCUT2D eigenvalue weighted by atomic mass is 79.9. The van der Waals surface area contributed by atoms with E-state index < -0.39 is 11.0 Å². The van der Waals surface area contributed by atoms with Crippen LogP contribution in [0.3, 0.4) is 0 Å². The van der Waals surface area contributed by atoms with Gasteiger partial charge >= 0.3 is 0 Å². The van der Waals surface area contributed by atoms with Crippen LogP contribution in [-0.4, -0.2) is 41.4 Å². The number of carbonyl (C=O) groups excluding carboxylic acids is 1. The number of hydrogen-bond acceptors (Lipinski definition) is 6. The van der Waals surface area contributed by atoms with E-state index in [1.165, 1.54) is 18.9 Å². The number of aromatic amines is 1. The lowest BCUT2D eigenvalue weighted by Gasteiger charge is -2.27. The Morgan fingerprint density at radius 2 is 2.19 bits per heavy atom. The third-order valence-electron chi connectivity index (χ3n) is 3.68. The Morgan fingerprint density at radius 1 is 1.44 bits per heavy atom. The summed E-state index contributed by atoms with van der Waals surface area (Å²) in [5.41, 5.74) is -0.715. The predicted molar refractivity (Wildman–Crippen MR) is 113 cm³/mol. The van der Waals surface area contributed by atoms with Crippen LogP contribution in [0.15, 0.2) is 38.7 Å². The zero-order valence-corrected chi connectivity index (χ0v) is 17.9. The van der Waals surface area contributed by atoms with Gasteiger partial charge in [-0.25, -0.2) is 0 Å². The Morgan fingerprint density at radius 3 is 2.85 bits per heavy atom. The molecule has 1 aromatic heterocycles. The van der Waals surface area contributed by atoms with Crippen molar-refractivity contribution in [2.75, 3.05) is 13.4 Å². The molecule has 146 valence electrons. The normalized spacial score (nSPS) is 12.9. The van der Waals surface area contributed by atoms with Crippen LogP contribution in [0.25, 0.3) is 10.9 Å². The molecule has 2 aromatic rings. The van der Waals surface area contributed by atoms with Crippen molar-refractivity contribution in [3.63, 3.8) is 0 Å². The lowest BCUT2D eigenvalue weighted by atomic mass is 10.0. The minimum absolute atomic E-state index is 0.197. The lowest BCUT2D eigenvalue weighted by Crippen LogP contribution is -2.48. The van der Waals surface area contributed by atoms with Gasteiger partial charge in [-0.3, -0.25) is 9.59 Å². The maximum absolute atomic E-state index is 12.6. The number of carbonyl (C=O) groups is 1. The van der Waals surface area contributed by atoms with E-state index in [2.05, 4.69) is 36.2 Å². The molecule has 0 aliphatic heterocycles. The molecule has 2 rings (SSSR count). The van der Waals surface area contributed by atoms with Gasteiger partial charge in [0.2, 0.25) is 5.44 Å². The number of benzene rings is 1. The molecule has 9 heteroatoms. The average molecular weight is 456 g/mol. The summed E-state index contributed by atoms with van der Waals surface area (Å²) >= 11 is 4.51. The van der Waals surface area contributed by atoms with E-state index in [0.717, 1.165) is 5.39 Å². The van der Waals surface area contributed by atoms with E-state index >= 15 is 0 Å². The summed E-state index contributed by atoms with van der Waals surface area (Å²) in [7, 11) is 1.47. The van der Waals surface area contributed by atoms with Crippen LogP contribution in [-0.2, 0) is 9.63 Å². The number of nitrogens with zero attached hydrogens (tertiary/aromatic N) is 1. The number of nitrogens with one attached hydrogen (secondary N) is 2. The van der Waals surface area contributed by atoms with Gasteiger partial charge in [0.05, 0.1) is 4.47 Å². The molecule has 0 spiro atoms. The molecule has 7 nitrogen and oxygen atoms in total. The second-order valence-corrected chi connectivity index (χ2v) is 8.18. The predicted octanol–water partition coefficient (Wildman–Crippen LogP) is 3.28. The van der Waals surface area contributed by atoms with Crippen molar-refractivity contribution in [2.24, 2.45) is 5.16 Å². The van der Waals surface area contributed by atoms with Gasteiger partial charge in [-0.05, 0) is 60.3 Å². The van der Waals surface area contributed by atoms with E-state index in [9.17, 15) is 9.59 Å². The Kier molecular flexibility index (Phi) is 7.32. The Hall–Kier alpha value is -2.00. The smallest absolute Gasteiger partial charge is 0.272 e. The highest BCUT2D eigenvalue weighted by molar-refractivity contribution is 9.10. The SMILES string of the molecule is CO/N=C/CC(C)(C)NC(=O)C(Oc1ccc2[nH]c(=O)c(Br)cc2c1)SC. The summed E-state index contributed by atoms with van der Waals surface area (Å²) < 4.78 is 6.30. The second kappa shape index (κ2) is 9.27. The topological polar surface area (TPSA) is 92.8 Å². The molecule has 0 aliphatic carbocycles. The minimum atomic E-state index is -0.715. The summed E-state index contributed by atoms with van der Waals surface area (Å²) in [6.07, 6.45) is 3.93. The maximum atomic E-state index is 12.6. The Bertz CT molecular complexity index is 898. The van der Waals surface area contributed by atoms with Gasteiger partial charge in [0.1, 0.15) is 12.9 Å². The first-order valence-electron chi connectivity index (χ1n) is 8.15. The number of H-pyrrole nitrogens is 1. The van der Waals surface area contributed by atoms with Crippen LogP contribution in [0.1, 0.15) is 20.3 Å². The molecule has 0 fully saturated rings. The van der Waals surface area contributed by atoms with E-state index in [1.54, 1.807) is 36.7 Å². The average Bonchev–Trinajstić information content (AvgIpc) is 2.60. The monoisotopic (exact) mass is 455 g/mol. The second-order valence-electron chi connectivity index (χ2n) is 6.43. The molecule has 0 bridgehead atoms. The van der Waals surface area contributed by atoms with Crippen molar-refractivity contribution in [1.82, 2.24) is 10.3 Å². The number of fused-ring (bicyclic) bond motifs is 1.